The second kappa shape index (κ2) is 3.32. The van der Waals surface area contributed by atoms with Crippen LogP contribution in [0.2, 0.25) is 0 Å². The molecule has 74 valence electrons. The van der Waals surface area contributed by atoms with Gasteiger partial charge in [0.25, 0.3) is 0 Å². The summed E-state index contributed by atoms with van der Waals surface area (Å²) in [5.41, 5.74) is 0. The largest absolute Gasteiger partial charge is 0.353 e. The standard InChI is InChI=1S/C11H19NO/c1-7-3-9(4-7)11(13)12-10-5-8(2)6-10/h7-10H,3-6H2,1-2H3,(H,12,13). The molecule has 1 N–H and O–H groups in total. The molecule has 0 spiro atoms. The number of carbonyl (C=O) groups is 1. The Morgan fingerprint density at radius 3 is 2.08 bits per heavy atom. The molecule has 2 fully saturated rings. The SMILES string of the molecule is CC1CC(NC(=O)C2CC(C)C2)C1. The maximum atomic E-state index is 11.6. The number of carbonyl (C=O) groups excluding carboxylic acids is 1. The summed E-state index contributed by atoms with van der Waals surface area (Å²) < 4.78 is 0. The first-order valence-corrected chi connectivity index (χ1v) is 5.45. The van der Waals surface area contributed by atoms with Crippen LogP contribution >= 0.6 is 0 Å². The Morgan fingerprint density at radius 1 is 1.08 bits per heavy atom. The molecule has 1 amide bonds. The van der Waals surface area contributed by atoms with Crippen LogP contribution in [0, 0.1) is 17.8 Å². The van der Waals surface area contributed by atoms with E-state index in [0.29, 0.717) is 17.9 Å². The second-order valence-corrected chi connectivity index (χ2v) is 5.06. The fraction of sp³-hybridized carbons (Fsp3) is 0.909. The molecule has 0 aliphatic heterocycles. The lowest BCUT2D eigenvalue weighted by Crippen LogP contribution is -2.48. The molecule has 2 aliphatic carbocycles. The van der Waals surface area contributed by atoms with Crippen molar-refractivity contribution in [2.75, 3.05) is 0 Å². The quantitative estimate of drug-likeness (QED) is 0.693. The van der Waals surface area contributed by atoms with Gasteiger partial charge in [-0.15, -0.1) is 0 Å². The lowest BCUT2D eigenvalue weighted by Gasteiger charge is -2.37. The zero-order valence-electron chi connectivity index (χ0n) is 8.55. The summed E-state index contributed by atoms with van der Waals surface area (Å²) in [6.07, 6.45) is 4.59. The smallest absolute Gasteiger partial charge is 0.223 e. The van der Waals surface area contributed by atoms with E-state index in [2.05, 4.69) is 19.2 Å². The molecule has 0 bridgehead atoms. The van der Waals surface area contributed by atoms with Crippen molar-refractivity contribution in [3.05, 3.63) is 0 Å². The van der Waals surface area contributed by atoms with Crippen LogP contribution in [0.15, 0.2) is 0 Å². The Hall–Kier alpha value is -0.530. The average Bonchev–Trinajstić information content (AvgIpc) is 1.95. The predicted molar refractivity (Wildman–Crippen MR) is 52.2 cm³/mol. The maximum absolute atomic E-state index is 11.6. The van der Waals surface area contributed by atoms with E-state index in [-0.39, 0.29) is 0 Å². The first-order chi connectivity index (χ1) is 6.15. The molecule has 0 atom stereocenters. The minimum atomic E-state index is 0.315. The molecule has 0 aromatic carbocycles. The van der Waals surface area contributed by atoms with Gasteiger partial charge in [-0.05, 0) is 37.5 Å². The van der Waals surface area contributed by atoms with Crippen molar-refractivity contribution < 1.29 is 4.79 Å². The van der Waals surface area contributed by atoms with Gasteiger partial charge in [0.1, 0.15) is 0 Å². The van der Waals surface area contributed by atoms with Gasteiger partial charge >= 0.3 is 0 Å². The molecule has 0 heterocycles. The average molecular weight is 181 g/mol. The van der Waals surface area contributed by atoms with Crippen LogP contribution in [0.25, 0.3) is 0 Å². The Labute approximate surface area is 80.1 Å². The van der Waals surface area contributed by atoms with Crippen LogP contribution in [0.1, 0.15) is 39.5 Å². The Morgan fingerprint density at radius 2 is 1.62 bits per heavy atom. The van der Waals surface area contributed by atoms with E-state index in [9.17, 15) is 4.79 Å². The van der Waals surface area contributed by atoms with Crippen molar-refractivity contribution in [2.24, 2.45) is 17.8 Å². The number of hydrogen-bond donors (Lipinski definition) is 1. The van der Waals surface area contributed by atoms with Gasteiger partial charge in [0.2, 0.25) is 5.91 Å². The molecule has 2 nitrogen and oxygen atoms in total. The van der Waals surface area contributed by atoms with Crippen LogP contribution in [0.3, 0.4) is 0 Å². The summed E-state index contributed by atoms with van der Waals surface area (Å²) in [6.45, 7) is 4.46. The van der Waals surface area contributed by atoms with Crippen molar-refractivity contribution in [1.82, 2.24) is 5.32 Å². The zero-order chi connectivity index (χ0) is 9.42. The summed E-state index contributed by atoms with van der Waals surface area (Å²) in [6, 6.07) is 0.499. The highest BCUT2D eigenvalue weighted by atomic mass is 16.2. The van der Waals surface area contributed by atoms with Gasteiger partial charge in [-0.2, -0.15) is 0 Å². The van der Waals surface area contributed by atoms with E-state index < -0.39 is 0 Å². The summed E-state index contributed by atoms with van der Waals surface area (Å²) >= 11 is 0. The summed E-state index contributed by atoms with van der Waals surface area (Å²) in [5.74, 6) is 2.25. The molecule has 2 rings (SSSR count). The normalized spacial score (nSPS) is 43.2. The van der Waals surface area contributed by atoms with Gasteiger partial charge in [0, 0.05) is 12.0 Å². The topological polar surface area (TPSA) is 29.1 Å². The van der Waals surface area contributed by atoms with E-state index in [1.807, 2.05) is 0 Å². The van der Waals surface area contributed by atoms with Gasteiger partial charge < -0.3 is 5.32 Å². The lowest BCUT2D eigenvalue weighted by molar-refractivity contribution is -0.130. The first kappa shape index (κ1) is 9.04. The van der Waals surface area contributed by atoms with Crippen molar-refractivity contribution in [3.63, 3.8) is 0 Å². The highest BCUT2D eigenvalue weighted by Gasteiger charge is 2.34. The third-order valence-electron chi connectivity index (χ3n) is 3.46. The number of amides is 1. The van der Waals surface area contributed by atoms with Gasteiger partial charge in [0.15, 0.2) is 0 Å². The first-order valence-electron chi connectivity index (χ1n) is 5.45. The Balaban J connectivity index is 1.68. The van der Waals surface area contributed by atoms with E-state index in [0.717, 1.165) is 24.7 Å². The molecule has 0 unspecified atom stereocenters. The van der Waals surface area contributed by atoms with Crippen molar-refractivity contribution >= 4 is 5.91 Å². The van der Waals surface area contributed by atoms with Gasteiger partial charge in [-0.25, -0.2) is 0 Å². The molecule has 0 aromatic heterocycles. The summed E-state index contributed by atoms with van der Waals surface area (Å²) in [5, 5.41) is 3.13. The molecule has 2 saturated carbocycles. The maximum Gasteiger partial charge on any atom is 0.223 e. The third kappa shape index (κ3) is 1.87. The fourth-order valence-corrected chi connectivity index (χ4v) is 2.46. The van der Waals surface area contributed by atoms with Crippen molar-refractivity contribution in [1.29, 1.82) is 0 Å². The van der Waals surface area contributed by atoms with Gasteiger partial charge in [-0.3, -0.25) is 4.79 Å². The van der Waals surface area contributed by atoms with E-state index >= 15 is 0 Å². The third-order valence-corrected chi connectivity index (χ3v) is 3.46. The van der Waals surface area contributed by atoms with Crippen molar-refractivity contribution in [3.8, 4) is 0 Å². The van der Waals surface area contributed by atoms with E-state index in [4.69, 9.17) is 0 Å². The highest BCUT2D eigenvalue weighted by molar-refractivity contribution is 5.79. The number of hydrogen-bond acceptors (Lipinski definition) is 1. The zero-order valence-corrected chi connectivity index (χ0v) is 8.55. The summed E-state index contributed by atoms with van der Waals surface area (Å²) in [4.78, 5) is 11.6. The minimum absolute atomic E-state index is 0.315. The molecule has 2 aliphatic rings. The molecule has 0 saturated heterocycles. The molecule has 13 heavy (non-hydrogen) atoms. The van der Waals surface area contributed by atoms with Crippen LogP contribution in [-0.4, -0.2) is 11.9 Å². The van der Waals surface area contributed by atoms with E-state index in [1.165, 1.54) is 12.8 Å². The van der Waals surface area contributed by atoms with Crippen LogP contribution in [0.4, 0.5) is 0 Å². The van der Waals surface area contributed by atoms with Gasteiger partial charge in [0.05, 0.1) is 0 Å². The molecule has 0 aromatic rings. The fourth-order valence-electron chi connectivity index (χ4n) is 2.46. The number of rotatable bonds is 2. The van der Waals surface area contributed by atoms with E-state index in [1.54, 1.807) is 0 Å². The van der Waals surface area contributed by atoms with Crippen LogP contribution in [0.5, 0.6) is 0 Å². The summed E-state index contributed by atoms with van der Waals surface area (Å²) in [7, 11) is 0. The lowest BCUT2D eigenvalue weighted by atomic mass is 9.75. The van der Waals surface area contributed by atoms with Crippen molar-refractivity contribution in [2.45, 2.75) is 45.6 Å². The highest BCUT2D eigenvalue weighted by Crippen LogP contribution is 2.34. The monoisotopic (exact) mass is 181 g/mol. The Bertz CT molecular complexity index is 202. The second-order valence-electron chi connectivity index (χ2n) is 5.06. The molecule has 2 heteroatoms. The number of nitrogens with one attached hydrogen (secondary N) is 1. The molecule has 0 radical (unpaired) electrons. The minimum Gasteiger partial charge on any atom is -0.353 e. The van der Waals surface area contributed by atoms with Gasteiger partial charge in [-0.1, -0.05) is 13.8 Å². The predicted octanol–water partition coefficient (Wildman–Crippen LogP) is 1.95. The molecular formula is C11H19NO. The molecular weight excluding hydrogens is 162 g/mol. The van der Waals surface area contributed by atoms with Crippen LogP contribution < -0.4 is 5.32 Å². The van der Waals surface area contributed by atoms with Crippen LogP contribution in [-0.2, 0) is 4.79 Å². The Kier molecular flexibility index (Phi) is 2.31.